The van der Waals surface area contributed by atoms with E-state index in [4.69, 9.17) is 11.6 Å². The van der Waals surface area contributed by atoms with E-state index >= 15 is 0 Å². The van der Waals surface area contributed by atoms with Gasteiger partial charge in [0.15, 0.2) is 0 Å². The summed E-state index contributed by atoms with van der Waals surface area (Å²) in [5.41, 5.74) is 1.63. The third-order valence-electron chi connectivity index (χ3n) is 2.98. The molecule has 0 bridgehead atoms. The third kappa shape index (κ3) is 1.97. The van der Waals surface area contributed by atoms with Crippen molar-refractivity contribution in [3.8, 4) is 0 Å². The second-order valence-electron chi connectivity index (χ2n) is 4.07. The molecule has 5 heteroatoms. The number of fused-ring (bicyclic) bond motifs is 1. The second kappa shape index (κ2) is 4.53. The quantitative estimate of drug-likeness (QED) is 0.725. The highest BCUT2D eigenvalue weighted by atomic mass is 35.5. The number of hydrogen-bond donors (Lipinski definition) is 0. The van der Waals surface area contributed by atoms with Crippen LogP contribution in [0, 0.1) is 5.82 Å². The van der Waals surface area contributed by atoms with E-state index in [2.05, 4.69) is 4.74 Å². The minimum absolute atomic E-state index is 0.131. The van der Waals surface area contributed by atoms with Gasteiger partial charge in [0.05, 0.1) is 17.8 Å². The molecule has 0 saturated carbocycles. The van der Waals surface area contributed by atoms with Gasteiger partial charge in [0.2, 0.25) is 0 Å². The number of carbonyl (C=O) groups is 1. The van der Waals surface area contributed by atoms with Crippen LogP contribution in [0.15, 0.2) is 6.07 Å². The lowest BCUT2D eigenvalue weighted by atomic mass is 9.97. The van der Waals surface area contributed by atoms with Crippen molar-refractivity contribution in [1.82, 2.24) is 0 Å². The molecule has 0 atom stereocenters. The van der Waals surface area contributed by atoms with E-state index in [1.165, 1.54) is 13.2 Å². The Balaban J connectivity index is 2.69. The SMILES string of the molecule is COC(=O)c1c(Cl)c(F)cc2c1N(C)CCC2. The molecule has 2 rings (SSSR count). The average molecular weight is 258 g/mol. The number of rotatable bonds is 1. The monoisotopic (exact) mass is 257 g/mol. The fourth-order valence-corrected chi connectivity index (χ4v) is 2.42. The summed E-state index contributed by atoms with van der Waals surface area (Å²) in [5.74, 6) is -1.17. The van der Waals surface area contributed by atoms with Crippen molar-refractivity contribution in [1.29, 1.82) is 0 Å². The van der Waals surface area contributed by atoms with Gasteiger partial charge in [-0.25, -0.2) is 9.18 Å². The van der Waals surface area contributed by atoms with E-state index in [0.29, 0.717) is 5.69 Å². The Labute approximate surface area is 104 Å². The predicted molar refractivity (Wildman–Crippen MR) is 64.3 cm³/mol. The van der Waals surface area contributed by atoms with Crippen molar-refractivity contribution in [3.63, 3.8) is 0 Å². The largest absolute Gasteiger partial charge is 0.465 e. The van der Waals surface area contributed by atoms with Crippen LogP contribution in [-0.2, 0) is 11.2 Å². The van der Waals surface area contributed by atoms with Crippen LogP contribution in [0.25, 0.3) is 0 Å². The average Bonchev–Trinajstić information content (AvgIpc) is 2.31. The van der Waals surface area contributed by atoms with Crippen LogP contribution in [0.1, 0.15) is 22.3 Å². The molecule has 1 aliphatic rings. The number of anilines is 1. The molecule has 1 aromatic rings. The van der Waals surface area contributed by atoms with Gasteiger partial charge in [0.1, 0.15) is 11.4 Å². The molecule has 1 aromatic carbocycles. The van der Waals surface area contributed by atoms with Crippen molar-refractivity contribution < 1.29 is 13.9 Å². The molecule has 0 saturated heterocycles. The van der Waals surface area contributed by atoms with Crippen LogP contribution in [-0.4, -0.2) is 26.7 Å². The van der Waals surface area contributed by atoms with Crippen molar-refractivity contribution in [2.75, 3.05) is 25.6 Å². The van der Waals surface area contributed by atoms with E-state index < -0.39 is 11.8 Å². The predicted octanol–water partition coefficient (Wildman–Crippen LogP) is 2.65. The molecule has 1 heterocycles. The molecule has 0 aliphatic carbocycles. The van der Waals surface area contributed by atoms with Gasteiger partial charge < -0.3 is 9.64 Å². The molecule has 17 heavy (non-hydrogen) atoms. The van der Waals surface area contributed by atoms with Crippen LogP contribution >= 0.6 is 11.6 Å². The minimum atomic E-state index is -0.598. The van der Waals surface area contributed by atoms with Crippen LogP contribution in [0.5, 0.6) is 0 Å². The van der Waals surface area contributed by atoms with Crippen LogP contribution in [0.3, 0.4) is 0 Å². The molecule has 1 aliphatic heterocycles. The normalized spacial score (nSPS) is 14.5. The number of ether oxygens (including phenoxy) is 1. The van der Waals surface area contributed by atoms with Gasteiger partial charge in [-0.05, 0) is 24.5 Å². The Morgan fingerprint density at radius 2 is 2.29 bits per heavy atom. The summed E-state index contributed by atoms with van der Waals surface area (Å²) >= 11 is 5.87. The van der Waals surface area contributed by atoms with Crippen LogP contribution in [0.2, 0.25) is 5.02 Å². The summed E-state index contributed by atoms with van der Waals surface area (Å²) in [6.45, 7) is 0.818. The Bertz CT molecular complexity index is 476. The lowest BCUT2D eigenvalue weighted by Crippen LogP contribution is -2.27. The van der Waals surface area contributed by atoms with E-state index in [1.54, 1.807) is 0 Å². The zero-order chi connectivity index (χ0) is 12.6. The van der Waals surface area contributed by atoms with Crippen LogP contribution in [0.4, 0.5) is 10.1 Å². The molecule has 0 amide bonds. The van der Waals surface area contributed by atoms with Gasteiger partial charge in [-0.15, -0.1) is 0 Å². The smallest absolute Gasteiger partial charge is 0.341 e. The zero-order valence-electron chi connectivity index (χ0n) is 9.72. The molecule has 0 unspecified atom stereocenters. The van der Waals surface area contributed by atoms with Crippen molar-refractivity contribution >= 4 is 23.3 Å². The molecular formula is C12H13ClFNO2. The molecule has 0 N–H and O–H groups in total. The van der Waals surface area contributed by atoms with Crippen molar-refractivity contribution in [2.45, 2.75) is 12.8 Å². The molecule has 0 aromatic heterocycles. The first-order valence-electron chi connectivity index (χ1n) is 5.36. The summed E-state index contributed by atoms with van der Waals surface area (Å²) in [7, 11) is 3.12. The van der Waals surface area contributed by atoms with E-state index in [-0.39, 0.29) is 10.6 Å². The Kier molecular flexibility index (Phi) is 3.24. The minimum Gasteiger partial charge on any atom is -0.465 e. The maximum absolute atomic E-state index is 13.6. The van der Waals surface area contributed by atoms with Gasteiger partial charge in [-0.2, -0.15) is 0 Å². The zero-order valence-corrected chi connectivity index (χ0v) is 10.5. The number of carbonyl (C=O) groups excluding carboxylic acids is 1. The number of halogens is 2. The van der Waals surface area contributed by atoms with Gasteiger partial charge in [0, 0.05) is 13.6 Å². The summed E-state index contributed by atoms with van der Waals surface area (Å²) in [6, 6.07) is 1.40. The van der Waals surface area contributed by atoms with E-state index in [1.807, 2.05) is 11.9 Å². The van der Waals surface area contributed by atoms with Crippen LogP contribution < -0.4 is 4.90 Å². The summed E-state index contributed by atoms with van der Waals surface area (Å²) in [6.07, 6.45) is 1.68. The van der Waals surface area contributed by atoms with E-state index in [9.17, 15) is 9.18 Å². The lowest BCUT2D eigenvalue weighted by Gasteiger charge is -2.29. The molecular weight excluding hydrogens is 245 g/mol. The summed E-state index contributed by atoms with van der Waals surface area (Å²) < 4.78 is 18.3. The number of esters is 1. The maximum Gasteiger partial charge on any atom is 0.341 e. The topological polar surface area (TPSA) is 29.5 Å². The highest BCUT2D eigenvalue weighted by Crippen LogP contribution is 2.36. The van der Waals surface area contributed by atoms with Crippen molar-refractivity contribution in [2.24, 2.45) is 0 Å². The summed E-state index contributed by atoms with van der Waals surface area (Å²) in [4.78, 5) is 13.6. The number of aryl methyl sites for hydroxylation is 1. The summed E-state index contributed by atoms with van der Waals surface area (Å²) in [5, 5.41) is -0.163. The van der Waals surface area contributed by atoms with E-state index in [0.717, 1.165) is 24.9 Å². The number of benzene rings is 1. The van der Waals surface area contributed by atoms with Gasteiger partial charge in [0.25, 0.3) is 0 Å². The first-order chi connectivity index (χ1) is 8.06. The fraction of sp³-hybridized carbons (Fsp3) is 0.417. The first-order valence-corrected chi connectivity index (χ1v) is 5.74. The van der Waals surface area contributed by atoms with Crippen molar-refractivity contribution in [3.05, 3.63) is 28.0 Å². The van der Waals surface area contributed by atoms with Gasteiger partial charge in [-0.3, -0.25) is 0 Å². The first kappa shape index (κ1) is 12.2. The Morgan fingerprint density at radius 1 is 1.59 bits per heavy atom. The molecule has 92 valence electrons. The maximum atomic E-state index is 13.6. The molecule has 0 radical (unpaired) electrons. The third-order valence-corrected chi connectivity index (χ3v) is 3.35. The molecule has 0 fully saturated rings. The number of hydrogen-bond acceptors (Lipinski definition) is 3. The fourth-order valence-electron chi connectivity index (χ4n) is 2.20. The highest BCUT2D eigenvalue weighted by molar-refractivity contribution is 6.34. The van der Waals surface area contributed by atoms with Gasteiger partial charge in [-0.1, -0.05) is 11.6 Å². The standard InChI is InChI=1S/C12H13ClFNO2/c1-15-5-3-4-7-6-8(14)10(13)9(11(7)15)12(16)17-2/h6H,3-5H2,1-2H3. The number of methoxy groups -OCH3 is 1. The second-order valence-corrected chi connectivity index (χ2v) is 4.45. The Morgan fingerprint density at radius 3 is 2.94 bits per heavy atom. The Hall–Kier alpha value is -1.29. The highest BCUT2D eigenvalue weighted by Gasteiger charge is 2.27. The number of nitrogens with zero attached hydrogens (tertiary/aromatic N) is 1. The molecule has 3 nitrogen and oxygen atoms in total. The molecule has 0 spiro atoms. The lowest BCUT2D eigenvalue weighted by molar-refractivity contribution is 0.0601. The van der Waals surface area contributed by atoms with Gasteiger partial charge >= 0.3 is 5.97 Å².